The molecular weight excluding hydrogens is 243 g/mol. The first kappa shape index (κ1) is 12.3. The summed E-state index contributed by atoms with van der Waals surface area (Å²) in [6.07, 6.45) is 0. The van der Waals surface area contributed by atoms with Crippen molar-refractivity contribution in [3.05, 3.63) is 53.3 Å². The van der Waals surface area contributed by atoms with Gasteiger partial charge in [0.15, 0.2) is 23.1 Å². The molecule has 0 heterocycles. The standard InChI is InChI=1S/C13H10F3NO/c1-7-2-3-8(14)11(6-7)18-13-10(17)5-4-9(15)12(13)16/h2-6H,17H2,1H3. The van der Waals surface area contributed by atoms with Crippen molar-refractivity contribution in [2.24, 2.45) is 0 Å². The molecule has 0 aliphatic carbocycles. The molecule has 0 spiro atoms. The minimum absolute atomic E-state index is 0.102. The molecule has 0 saturated carbocycles. The van der Waals surface area contributed by atoms with Crippen LogP contribution in [0.5, 0.6) is 11.5 Å². The molecule has 0 unspecified atom stereocenters. The predicted octanol–water partition coefficient (Wildman–Crippen LogP) is 3.79. The molecule has 94 valence electrons. The van der Waals surface area contributed by atoms with Crippen LogP contribution < -0.4 is 10.5 Å². The van der Waals surface area contributed by atoms with Gasteiger partial charge in [0.25, 0.3) is 0 Å². The van der Waals surface area contributed by atoms with Crippen molar-refractivity contribution in [2.45, 2.75) is 6.92 Å². The second kappa shape index (κ2) is 4.60. The van der Waals surface area contributed by atoms with Crippen molar-refractivity contribution in [3.63, 3.8) is 0 Å². The number of aryl methyl sites for hydroxylation is 1. The van der Waals surface area contributed by atoms with Crippen LogP contribution in [-0.4, -0.2) is 0 Å². The molecule has 0 fully saturated rings. The van der Waals surface area contributed by atoms with E-state index in [1.54, 1.807) is 6.92 Å². The zero-order chi connectivity index (χ0) is 13.3. The van der Waals surface area contributed by atoms with E-state index < -0.39 is 23.2 Å². The van der Waals surface area contributed by atoms with Gasteiger partial charge in [-0.15, -0.1) is 0 Å². The van der Waals surface area contributed by atoms with Gasteiger partial charge in [-0.2, -0.15) is 4.39 Å². The summed E-state index contributed by atoms with van der Waals surface area (Å²) in [5.41, 5.74) is 6.09. The van der Waals surface area contributed by atoms with Crippen LogP contribution in [0.25, 0.3) is 0 Å². The Balaban J connectivity index is 2.46. The maximum absolute atomic E-state index is 13.5. The fourth-order valence-corrected chi connectivity index (χ4v) is 1.45. The Bertz CT molecular complexity index is 599. The molecule has 0 radical (unpaired) electrons. The first-order chi connectivity index (χ1) is 8.49. The molecule has 0 saturated heterocycles. The summed E-state index contributed by atoms with van der Waals surface area (Å²) in [5, 5.41) is 0. The second-order valence-electron chi connectivity index (χ2n) is 3.82. The van der Waals surface area contributed by atoms with E-state index in [1.165, 1.54) is 18.2 Å². The van der Waals surface area contributed by atoms with Gasteiger partial charge in [0.2, 0.25) is 5.82 Å². The van der Waals surface area contributed by atoms with Crippen molar-refractivity contribution in [1.29, 1.82) is 0 Å². The number of halogens is 3. The molecule has 2 N–H and O–H groups in total. The van der Waals surface area contributed by atoms with E-state index in [4.69, 9.17) is 10.5 Å². The molecule has 0 atom stereocenters. The SMILES string of the molecule is Cc1ccc(F)c(Oc2c(N)ccc(F)c2F)c1. The van der Waals surface area contributed by atoms with Gasteiger partial charge >= 0.3 is 0 Å². The van der Waals surface area contributed by atoms with E-state index in [0.29, 0.717) is 0 Å². The monoisotopic (exact) mass is 253 g/mol. The molecule has 2 aromatic carbocycles. The molecule has 2 aromatic rings. The van der Waals surface area contributed by atoms with Crippen LogP contribution in [0.4, 0.5) is 18.9 Å². The molecule has 5 heteroatoms. The average Bonchev–Trinajstić information content (AvgIpc) is 2.34. The topological polar surface area (TPSA) is 35.2 Å². The fourth-order valence-electron chi connectivity index (χ4n) is 1.45. The highest BCUT2D eigenvalue weighted by molar-refractivity contribution is 5.55. The lowest BCUT2D eigenvalue weighted by atomic mass is 10.2. The molecule has 0 bridgehead atoms. The highest BCUT2D eigenvalue weighted by Gasteiger charge is 2.16. The van der Waals surface area contributed by atoms with Crippen LogP contribution in [-0.2, 0) is 0 Å². The molecule has 2 nitrogen and oxygen atoms in total. The highest BCUT2D eigenvalue weighted by Crippen LogP contribution is 2.33. The Morgan fingerprint density at radius 2 is 1.67 bits per heavy atom. The minimum atomic E-state index is -1.24. The number of anilines is 1. The van der Waals surface area contributed by atoms with E-state index in [0.717, 1.165) is 17.7 Å². The molecular formula is C13H10F3NO. The third-order valence-electron chi connectivity index (χ3n) is 2.38. The summed E-state index contributed by atoms with van der Waals surface area (Å²) in [7, 11) is 0. The highest BCUT2D eigenvalue weighted by atomic mass is 19.2. The van der Waals surface area contributed by atoms with Gasteiger partial charge in [0.1, 0.15) is 0 Å². The summed E-state index contributed by atoms with van der Waals surface area (Å²) in [5.74, 6) is -3.74. The van der Waals surface area contributed by atoms with E-state index >= 15 is 0 Å². The van der Waals surface area contributed by atoms with Gasteiger partial charge in [-0.25, -0.2) is 8.78 Å². The van der Waals surface area contributed by atoms with Gasteiger partial charge in [-0.3, -0.25) is 0 Å². The van der Waals surface area contributed by atoms with Gasteiger partial charge in [-0.1, -0.05) is 6.07 Å². The second-order valence-corrected chi connectivity index (χ2v) is 3.82. The zero-order valence-corrected chi connectivity index (χ0v) is 9.51. The van der Waals surface area contributed by atoms with Crippen LogP contribution in [0.3, 0.4) is 0 Å². The number of ether oxygens (including phenoxy) is 1. The summed E-state index contributed by atoms with van der Waals surface area (Å²) >= 11 is 0. The summed E-state index contributed by atoms with van der Waals surface area (Å²) in [6.45, 7) is 1.72. The van der Waals surface area contributed by atoms with E-state index in [9.17, 15) is 13.2 Å². The smallest absolute Gasteiger partial charge is 0.203 e. The fraction of sp³-hybridized carbons (Fsp3) is 0.0769. The van der Waals surface area contributed by atoms with Crippen LogP contribution in [0.1, 0.15) is 5.56 Å². The maximum Gasteiger partial charge on any atom is 0.203 e. The maximum atomic E-state index is 13.5. The first-order valence-electron chi connectivity index (χ1n) is 5.16. The Morgan fingerprint density at radius 1 is 1.00 bits per heavy atom. The van der Waals surface area contributed by atoms with Gasteiger partial charge in [-0.05, 0) is 36.8 Å². The summed E-state index contributed by atoms with van der Waals surface area (Å²) in [6, 6.07) is 6.12. The number of nitrogen functional groups attached to an aromatic ring is 1. The third-order valence-corrected chi connectivity index (χ3v) is 2.38. The number of nitrogens with two attached hydrogens (primary N) is 1. The minimum Gasteiger partial charge on any atom is -0.449 e. The van der Waals surface area contributed by atoms with Crippen molar-refractivity contribution < 1.29 is 17.9 Å². The van der Waals surface area contributed by atoms with E-state index in [2.05, 4.69) is 0 Å². The van der Waals surface area contributed by atoms with E-state index in [-0.39, 0.29) is 11.4 Å². The number of benzene rings is 2. The van der Waals surface area contributed by atoms with Crippen LogP contribution in [0.15, 0.2) is 30.3 Å². The van der Waals surface area contributed by atoms with Crippen molar-refractivity contribution in [3.8, 4) is 11.5 Å². The average molecular weight is 253 g/mol. The van der Waals surface area contributed by atoms with Crippen molar-refractivity contribution >= 4 is 5.69 Å². The molecule has 18 heavy (non-hydrogen) atoms. The van der Waals surface area contributed by atoms with Gasteiger partial charge < -0.3 is 10.5 Å². The number of hydrogen-bond acceptors (Lipinski definition) is 2. The van der Waals surface area contributed by atoms with Crippen LogP contribution in [0.2, 0.25) is 0 Å². The molecule has 2 rings (SSSR count). The molecule has 0 aromatic heterocycles. The Hall–Kier alpha value is -2.17. The summed E-state index contributed by atoms with van der Waals surface area (Å²) in [4.78, 5) is 0. The number of rotatable bonds is 2. The van der Waals surface area contributed by atoms with Crippen LogP contribution in [0, 0.1) is 24.4 Å². The summed E-state index contributed by atoms with van der Waals surface area (Å²) < 4.78 is 45.0. The normalized spacial score (nSPS) is 10.4. The Morgan fingerprint density at radius 3 is 2.39 bits per heavy atom. The molecule has 0 aliphatic rings. The van der Waals surface area contributed by atoms with Crippen LogP contribution >= 0.6 is 0 Å². The quantitative estimate of drug-likeness (QED) is 0.826. The third kappa shape index (κ3) is 2.25. The van der Waals surface area contributed by atoms with Gasteiger partial charge in [0.05, 0.1) is 5.69 Å². The largest absolute Gasteiger partial charge is 0.449 e. The predicted molar refractivity (Wildman–Crippen MR) is 62.0 cm³/mol. The lowest BCUT2D eigenvalue weighted by molar-refractivity contribution is 0.399. The lowest BCUT2D eigenvalue weighted by Crippen LogP contribution is -1.99. The van der Waals surface area contributed by atoms with Crippen molar-refractivity contribution in [2.75, 3.05) is 5.73 Å². The lowest BCUT2D eigenvalue weighted by Gasteiger charge is -2.11. The Kier molecular flexibility index (Phi) is 3.14. The first-order valence-corrected chi connectivity index (χ1v) is 5.16. The van der Waals surface area contributed by atoms with Crippen molar-refractivity contribution in [1.82, 2.24) is 0 Å². The molecule has 0 amide bonds. The Labute approximate surface area is 102 Å². The van der Waals surface area contributed by atoms with Gasteiger partial charge in [0, 0.05) is 0 Å². The van der Waals surface area contributed by atoms with E-state index in [1.807, 2.05) is 0 Å². The number of hydrogen-bond donors (Lipinski definition) is 1. The zero-order valence-electron chi connectivity index (χ0n) is 9.51. The molecule has 0 aliphatic heterocycles.